The Labute approximate surface area is 98.4 Å². The van der Waals surface area contributed by atoms with Gasteiger partial charge in [-0.2, -0.15) is 0 Å². The summed E-state index contributed by atoms with van der Waals surface area (Å²) in [7, 11) is 0. The fourth-order valence-electron chi connectivity index (χ4n) is 1.07. The normalized spacial score (nSPS) is 11.3. The Balaban J connectivity index is 2.95. The third-order valence-corrected chi connectivity index (χ3v) is 2.51. The number of nitrogens with two attached hydrogens (primary N) is 1. The molecule has 1 rings (SSSR count). The van der Waals surface area contributed by atoms with Gasteiger partial charge in [-0.1, -0.05) is 22.0 Å². The van der Waals surface area contributed by atoms with E-state index in [0.717, 1.165) is 4.47 Å². The van der Waals surface area contributed by atoms with Crippen molar-refractivity contribution in [3.63, 3.8) is 0 Å². The first-order valence-corrected chi connectivity index (χ1v) is 5.46. The lowest BCUT2D eigenvalue weighted by Gasteiger charge is -2.31. The van der Waals surface area contributed by atoms with Gasteiger partial charge in [-0.15, -0.1) is 0 Å². The Morgan fingerprint density at radius 1 is 1.40 bits per heavy atom. The van der Waals surface area contributed by atoms with Crippen LogP contribution >= 0.6 is 15.9 Å². The Morgan fingerprint density at radius 3 is 2.47 bits per heavy atom. The van der Waals surface area contributed by atoms with Crippen LogP contribution in [-0.4, -0.2) is 16.5 Å². The predicted octanol–water partition coefficient (Wildman–Crippen LogP) is 2.56. The van der Waals surface area contributed by atoms with Crippen molar-refractivity contribution in [3.8, 4) is 0 Å². The summed E-state index contributed by atoms with van der Waals surface area (Å²) in [6, 6.07) is 7.19. The Kier molecular flexibility index (Phi) is 3.52. The molecule has 0 unspecified atom stereocenters. The van der Waals surface area contributed by atoms with Crippen molar-refractivity contribution >= 4 is 21.8 Å². The van der Waals surface area contributed by atoms with E-state index in [1.807, 2.05) is 32.9 Å². The van der Waals surface area contributed by atoms with Crippen molar-refractivity contribution in [2.75, 3.05) is 0 Å². The monoisotopic (exact) mass is 270 g/mol. The number of carbonyl (C=O) groups excluding carboxylic acids is 1. The topological polar surface area (TPSA) is 46.3 Å². The molecule has 1 aromatic rings. The smallest absolute Gasteiger partial charge is 0.268 e. The van der Waals surface area contributed by atoms with E-state index in [0.29, 0.717) is 5.56 Å². The van der Waals surface area contributed by atoms with Crippen molar-refractivity contribution in [2.24, 2.45) is 5.84 Å². The zero-order valence-corrected chi connectivity index (χ0v) is 10.7. The van der Waals surface area contributed by atoms with E-state index in [4.69, 9.17) is 5.84 Å². The van der Waals surface area contributed by atoms with Gasteiger partial charge < -0.3 is 0 Å². The van der Waals surface area contributed by atoms with Crippen molar-refractivity contribution < 1.29 is 4.79 Å². The molecule has 0 saturated heterocycles. The molecular formula is C11H15BrN2O. The van der Waals surface area contributed by atoms with Crippen LogP contribution in [0, 0.1) is 0 Å². The van der Waals surface area contributed by atoms with Gasteiger partial charge in [0, 0.05) is 10.0 Å². The molecule has 2 N–H and O–H groups in total. The van der Waals surface area contributed by atoms with E-state index in [1.54, 1.807) is 12.1 Å². The molecule has 0 aliphatic carbocycles. The molecule has 0 bridgehead atoms. The molecule has 4 heteroatoms. The highest BCUT2D eigenvalue weighted by Gasteiger charge is 2.24. The lowest BCUT2D eigenvalue weighted by Crippen LogP contribution is -2.50. The summed E-state index contributed by atoms with van der Waals surface area (Å²) < 4.78 is 0.871. The zero-order chi connectivity index (χ0) is 11.6. The molecule has 3 nitrogen and oxygen atoms in total. The van der Waals surface area contributed by atoms with E-state index in [1.165, 1.54) is 5.01 Å². The summed E-state index contributed by atoms with van der Waals surface area (Å²) in [4.78, 5) is 11.9. The number of amides is 1. The maximum atomic E-state index is 11.9. The summed E-state index contributed by atoms with van der Waals surface area (Å²) in [5, 5.41) is 1.24. The van der Waals surface area contributed by atoms with Crippen LogP contribution in [0.3, 0.4) is 0 Å². The highest BCUT2D eigenvalue weighted by molar-refractivity contribution is 9.10. The first kappa shape index (κ1) is 12.2. The molecule has 0 aliphatic rings. The SMILES string of the molecule is CC(C)(C)N(N)C(=O)c1cccc(Br)c1. The average molecular weight is 271 g/mol. The van der Waals surface area contributed by atoms with E-state index in [9.17, 15) is 4.79 Å². The van der Waals surface area contributed by atoms with Crippen LogP contribution in [0.4, 0.5) is 0 Å². The molecule has 0 atom stereocenters. The van der Waals surface area contributed by atoms with Crippen LogP contribution in [0.15, 0.2) is 28.7 Å². The predicted molar refractivity (Wildman–Crippen MR) is 64.3 cm³/mol. The maximum absolute atomic E-state index is 11.9. The molecule has 0 saturated carbocycles. The summed E-state index contributed by atoms with van der Waals surface area (Å²) in [6.45, 7) is 5.68. The molecule has 0 aliphatic heterocycles. The minimum Gasteiger partial charge on any atom is -0.271 e. The van der Waals surface area contributed by atoms with Gasteiger partial charge in [0.2, 0.25) is 0 Å². The largest absolute Gasteiger partial charge is 0.271 e. The number of rotatable bonds is 1. The number of carbonyl (C=O) groups is 1. The van der Waals surface area contributed by atoms with Crippen LogP contribution in [-0.2, 0) is 0 Å². The van der Waals surface area contributed by atoms with Crippen LogP contribution in [0.5, 0.6) is 0 Å². The third-order valence-electron chi connectivity index (χ3n) is 2.01. The minimum absolute atomic E-state index is 0.177. The molecule has 15 heavy (non-hydrogen) atoms. The first-order chi connectivity index (χ1) is 6.82. The maximum Gasteiger partial charge on any atom is 0.268 e. The number of hydrogen-bond acceptors (Lipinski definition) is 2. The van der Waals surface area contributed by atoms with Crippen LogP contribution < -0.4 is 5.84 Å². The van der Waals surface area contributed by atoms with Gasteiger partial charge in [-0.25, -0.2) is 5.84 Å². The fraction of sp³-hybridized carbons (Fsp3) is 0.364. The van der Waals surface area contributed by atoms with Crippen LogP contribution in [0.25, 0.3) is 0 Å². The van der Waals surface area contributed by atoms with Gasteiger partial charge in [0.15, 0.2) is 0 Å². The molecule has 1 aromatic carbocycles. The van der Waals surface area contributed by atoms with Crippen molar-refractivity contribution in [3.05, 3.63) is 34.3 Å². The quantitative estimate of drug-likeness (QED) is 0.484. The highest BCUT2D eigenvalue weighted by Crippen LogP contribution is 2.16. The third kappa shape index (κ3) is 3.04. The summed E-state index contributed by atoms with van der Waals surface area (Å²) in [5.74, 6) is 5.57. The van der Waals surface area contributed by atoms with E-state index >= 15 is 0 Å². The molecule has 0 aromatic heterocycles. The summed E-state index contributed by atoms with van der Waals surface area (Å²) >= 11 is 3.32. The number of hydrazine groups is 1. The number of halogens is 1. The fourth-order valence-corrected chi connectivity index (χ4v) is 1.46. The van der Waals surface area contributed by atoms with Crippen molar-refractivity contribution in [1.29, 1.82) is 0 Å². The molecule has 0 spiro atoms. The van der Waals surface area contributed by atoms with Crippen molar-refractivity contribution in [2.45, 2.75) is 26.3 Å². The number of hydrogen-bond donors (Lipinski definition) is 1. The lowest BCUT2D eigenvalue weighted by molar-refractivity contribution is 0.0582. The van der Waals surface area contributed by atoms with Gasteiger partial charge in [-0.3, -0.25) is 9.80 Å². The number of nitrogens with zero attached hydrogens (tertiary/aromatic N) is 1. The van der Waals surface area contributed by atoms with Gasteiger partial charge >= 0.3 is 0 Å². The molecule has 0 heterocycles. The van der Waals surface area contributed by atoms with Gasteiger partial charge in [-0.05, 0) is 39.0 Å². The van der Waals surface area contributed by atoms with E-state index < -0.39 is 0 Å². The average Bonchev–Trinajstić information content (AvgIpc) is 2.14. The Bertz CT molecular complexity index is 371. The van der Waals surface area contributed by atoms with Gasteiger partial charge in [0.1, 0.15) is 0 Å². The molecule has 82 valence electrons. The standard InChI is InChI=1S/C11H15BrN2O/c1-11(2,3)14(13)10(15)8-5-4-6-9(12)7-8/h4-7H,13H2,1-3H3. The second kappa shape index (κ2) is 4.33. The lowest BCUT2D eigenvalue weighted by atomic mass is 10.1. The first-order valence-electron chi connectivity index (χ1n) is 4.67. The van der Waals surface area contributed by atoms with Crippen LogP contribution in [0.2, 0.25) is 0 Å². The van der Waals surface area contributed by atoms with E-state index in [-0.39, 0.29) is 11.4 Å². The summed E-state index contributed by atoms with van der Waals surface area (Å²) in [5.41, 5.74) is 0.209. The summed E-state index contributed by atoms with van der Waals surface area (Å²) in [6.07, 6.45) is 0. The van der Waals surface area contributed by atoms with Gasteiger partial charge in [0.05, 0.1) is 5.54 Å². The second-order valence-corrected chi connectivity index (χ2v) is 5.27. The van der Waals surface area contributed by atoms with Crippen molar-refractivity contribution in [1.82, 2.24) is 5.01 Å². The van der Waals surface area contributed by atoms with E-state index in [2.05, 4.69) is 15.9 Å². The Morgan fingerprint density at radius 2 is 2.00 bits per heavy atom. The second-order valence-electron chi connectivity index (χ2n) is 4.36. The van der Waals surface area contributed by atoms with Gasteiger partial charge in [0.25, 0.3) is 5.91 Å². The molecule has 1 amide bonds. The molecular weight excluding hydrogens is 256 g/mol. The minimum atomic E-state index is -0.376. The molecule has 0 radical (unpaired) electrons. The number of benzene rings is 1. The van der Waals surface area contributed by atoms with Crippen LogP contribution in [0.1, 0.15) is 31.1 Å². The molecule has 0 fully saturated rings. The highest BCUT2D eigenvalue weighted by atomic mass is 79.9. The zero-order valence-electron chi connectivity index (χ0n) is 9.12. The Hall–Kier alpha value is -0.870.